The molecular weight excluding hydrogens is 273 g/mol. The van der Waals surface area contributed by atoms with Crippen molar-refractivity contribution >= 4 is 15.9 Å². The Kier molecular flexibility index (Phi) is 4.74. The van der Waals surface area contributed by atoms with Crippen molar-refractivity contribution in [2.24, 2.45) is 0 Å². The van der Waals surface area contributed by atoms with Crippen LogP contribution in [-0.2, 0) is 5.67 Å². The predicted molar refractivity (Wildman–Crippen MR) is 67.7 cm³/mol. The average Bonchev–Trinajstić information content (AvgIpc) is 2.21. The van der Waals surface area contributed by atoms with Crippen molar-refractivity contribution in [1.29, 1.82) is 0 Å². The van der Waals surface area contributed by atoms with Crippen molar-refractivity contribution in [3.63, 3.8) is 0 Å². The highest BCUT2D eigenvalue weighted by molar-refractivity contribution is 9.10. The maximum absolute atomic E-state index is 14.2. The molecule has 0 bridgehead atoms. The van der Waals surface area contributed by atoms with Gasteiger partial charge in [-0.3, -0.25) is 0 Å². The monoisotopic (exact) mass is 289 g/mol. The molecule has 16 heavy (non-hydrogen) atoms. The third kappa shape index (κ3) is 3.19. The summed E-state index contributed by atoms with van der Waals surface area (Å²) < 4.78 is 20.4. The average molecular weight is 290 g/mol. The Labute approximate surface area is 104 Å². The first-order valence-corrected chi connectivity index (χ1v) is 6.07. The minimum Gasteiger partial charge on any atom is -0.493 e. The number of nitrogens with one attached hydrogen (secondary N) is 1. The number of hydrogen-bond acceptors (Lipinski definition) is 2. The van der Waals surface area contributed by atoms with Gasteiger partial charge in [0.2, 0.25) is 0 Å². The first-order valence-electron chi connectivity index (χ1n) is 5.27. The molecule has 0 aliphatic heterocycles. The van der Waals surface area contributed by atoms with Gasteiger partial charge in [0.1, 0.15) is 11.4 Å². The van der Waals surface area contributed by atoms with E-state index in [9.17, 15) is 4.39 Å². The molecule has 1 unspecified atom stereocenters. The third-order valence-corrected chi connectivity index (χ3v) is 2.96. The first kappa shape index (κ1) is 13.5. The molecule has 1 N–H and O–H groups in total. The highest BCUT2D eigenvalue weighted by Gasteiger charge is 2.25. The van der Waals surface area contributed by atoms with E-state index in [0.29, 0.717) is 12.2 Å². The van der Waals surface area contributed by atoms with E-state index in [2.05, 4.69) is 21.2 Å². The van der Waals surface area contributed by atoms with Gasteiger partial charge in [-0.05, 0) is 54.5 Å². The Morgan fingerprint density at radius 1 is 1.50 bits per heavy atom. The lowest BCUT2D eigenvalue weighted by Gasteiger charge is -2.21. The second kappa shape index (κ2) is 5.64. The summed E-state index contributed by atoms with van der Waals surface area (Å²) in [6.07, 6.45) is 0. The normalized spacial score (nSPS) is 14.6. The molecule has 4 heteroatoms. The van der Waals surface area contributed by atoms with E-state index in [1.54, 1.807) is 32.2 Å². The maximum atomic E-state index is 14.2. The molecule has 0 fully saturated rings. The van der Waals surface area contributed by atoms with E-state index >= 15 is 0 Å². The topological polar surface area (TPSA) is 21.3 Å². The lowest BCUT2D eigenvalue weighted by molar-refractivity contribution is 0.190. The van der Waals surface area contributed by atoms with Crippen LogP contribution in [0.3, 0.4) is 0 Å². The van der Waals surface area contributed by atoms with Gasteiger partial charge in [-0.15, -0.1) is 0 Å². The van der Waals surface area contributed by atoms with Crippen LogP contribution in [0, 0.1) is 0 Å². The summed E-state index contributed by atoms with van der Waals surface area (Å²) in [4.78, 5) is 0. The molecule has 0 heterocycles. The Hall–Kier alpha value is -0.610. The molecule has 0 saturated carbocycles. The van der Waals surface area contributed by atoms with Crippen LogP contribution < -0.4 is 10.1 Å². The Morgan fingerprint density at radius 2 is 2.19 bits per heavy atom. The molecule has 0 aliphatic carbocycles. The van der Waals surface area contributed by atoms with Gasteiger partial charge in [-0.25, -0.2) is 4.39 Å². The number of benzene rings is 1. The maximum Gasteiger partial charge on any atom is 0.145 e. The van der Waals surface area contributed by atoms with Crippen LogP contribution >= 0.6 is 15.9 Å². The number of hydrogen-bond donors (Lipinski definition) is 1. The SMILES string of the molecule is CCOc1ccc(C(C)(F)CNC)cc1Br. The smallest absolute Gasteiger partial charge is 0.145 e. The Bertz CT molecular complexity index is 355. The van der Waals surface area contributed by atoms with Gasteiger partial charge < -0.3 is 10.1 Å². The van der Waals surface area contributed by atoms with E-state index in [4.69, 9.17) is 4.74 Å². The van der Waals surface area contributed by atoms with E-state index < -0.39 is 5.67 Å². The Balaban J connectivity index is 2.96. The molecule has 1 aromatic rings. The van der Waals surface area contributed by atoms with Crippen molar-refractivity contribution in [3.05, 3.63) is 28.2 Å². The molecule has 2 nitrogen and oxygen atoms in total. The molecule has 0 spiro atoms. The zero-order valence-electron chi connectivity index (χ0n) is 9.81. The fraction of sp³-hybridized carbons (Fsp3) is 0.500. The quantitative estimate of drug-likeness (QED) is 0.898. The second-order valence-corrected chi connectivity index (χ2v) is 4.66. The predicted octanol–water partition coefficient (Wildman–Crippen LogP) is 3.25. The number of likely N-dealkylation sites (N-methyl/N-ethyl adjacent to an activating group) is 1. The van der Waals surface area contributed by atoms with Crippen LogP contribution in [0.25, 0.3) is 0 Å². The van der Waals surface area contributed by atoms with Crippen LogP contribution in [0.4, 0.5) is 4.39 Å². The minimum atomic E-state index is -1.37. The summed E-state index contributed by atoms with van der Waals surface area (Å²) in [5.74, 6) is 0.742. The van der Waals surface area contributed by atoms with E-state index in [1.807, 2.05) is 6.92 Å². The fourth-order valence-electron chi connectivity index (χ4n) is 1.53. The lowest BCUT2D eigenvalue weighted by atomic mass is 9.98. The van der Waals surface area contributed by atoms with E-state index in [-0.39, 0.29) is 6.54 Å². The van der Waals surface area contributed by atoms with Crippen LogP contribution in [0.15, 0.2) is 22.7 Å². The lowest BCUT2D eigenvalue weighted by Crippen LogP contribution is -2.29. The zero-order valence-corrected chi connectivity index (χ0v) is 11.4. The van der Waals surface area contributed by atoms with Gasteiger partial charge in [-0.1, -0.05) is 6.07 Å². The Morgan fingerprint density at radius 3 is 2.69 bits per heavy atom. The molecule has 0 saturated heterocycles. The van der Waals surface area contributed by atoms with Crippen molar-refractivity contribution < 1.29 is 9.13 Å². The van der Waals surface area contributed by atoms with Crippen LogP contribution in [-0.4, -0.2) is 20.2 Å². The molecule has 0 amide bonds. The van der Waals surface area contributed by atoms with Crippen molar-refractivity contribution in [2.75, 3.05) is 20.2 Å². The summed E-state index contributed by atoms with van der Waals surface area (Å²) in [7, 11) is 1.74. The number of rotatable bonds is 5. The van der Waals surface area contributed by atoms with Crippen LogP contribution in [0.1, 0.15) is 19.4 Å². The van der Waals surface area contributed by atoms with Gasteiger partial charge in [0.15, 0.2) is 0 Å². The standard InChI is InChI=1S/C12H17BrFNO/c1-4-16-11-6-5-9(7-10(11)13)12(2,14)8-15-3/h5-7,15H,4,8H2,1-3H3. The minimum absolute atomic E-state index is 0.285. The molecule has 1 aromatic carbocycles. The summed E-state index contributed by atoms with van der Waals surface area (Å²) >= 11 is 3.38. The first-order chi connectivity index (χ1) is 7.51. The highest BCUT2D eigenvalue weighted by Crippen LogP contribution is 2.32. The molecular formula is C12H17BrFNO. The van der Waals surface area contributed by atoms with Gasteiger partial charge in [0.05, 0.1) is 11.1 Å². The van der Waals surface area contributed by atoms with Gasteiger partial charge >= 0.3 is 0 Å². The highest BCUT2D eigenvalue weighted by atomic mass is 79.9. The molecule has 0 radical (unpaired) electrons. The molecule has 1 rings (SSSR count). The van der Waals surface area contributed by atoms with Gasteiger partial charge in [-0.2, -0.15) is 0 Å². The third-order valence-electron chi connectivity index (χ3n) is 2.34. The summed E-state index contributed by atoms with van der Waals surface area (Å²) in [5.41, 5.74) is -0.737. The van der Waals surface area contributed by atoms with E-state index in [1.165, 1.54) is 0 Å². The van der Waals surface area contributed by atoms with Crippen molar-refractivity contribution in [3.8, 4) is 5.75 Å². The van der Waals surface area contributed by atoms with Crippen LogP contribution in [0.2, 0.25) is 0 Å². The van der Waals surface area contributed by atoms with Crippen molar-refractivity contribution in [1.82, 2.24) is 5.32 Å². The van der Waals surface area contributed by atoms with Gasteiger partial charge in [0, 0.05) is 6.54 Å². The molecule has 90 valence electrons. The second-order valence-electron chi connectivity index (χ2n) is 3.81. The van der Waals surface area contributed by atoms with Crippen molar-refractivity contribution in [2.45, 2.75) is 19.5 Å². The zero-order chi connectivity index (χ0) is 12.2. The summed E-state index contributed by atoms with van der Waals surface area (Å²) in [6.45, 7) is 4.36. The van der Waals surface area contributed by atoms with E-state index in [0.717, 1.165) is 10.2 Å². The number of alkyl halides is 1. The molecule has 1 atom stereocenters. The number of halogens is 2. The van der Waals surface area contributed by atoms with Gasteiger partial charge in [0.25, 0.3) is 0 Å². The fourth-order valence-corrected chi connectivity index (χ4v) is 2.02. The molecule has 0 aliphatic rings. The summed E-state index contributed by atoms with van der Waals surface area (Å²) in [5, 5.41) is 2.84. The van der Waals surface area contributed by atoms with Crippen LogP contribution in [0.5, 0.6) is 5.75 Å². The molecule has 0 aromatic heterocycles. The summed E-state index contributed by atoms with van der Waals surface area (Å²) in [6, 6.07) is 5.31. The number of ether oxygens (including phenoxy) is 1. The largest absolute Gasteiger partial charge is 0.493 e.